The molecule has 0 aliphatic heterocycles. The van der Waals surface area contributed by atoms with Gasteiger partial charge in [-0.1, -0.05) is 11.6 Å². The summed E-state index contributed by atoms with van der Waals surface area (Å²) in [5.74, 6) is 0.463. The van der Waals surface area contributed by atoms with Crippen LogP contribution in [0.25, 0.3) is 0 Å². The molecular formula is C13H16ClNO4S. The Morgan fingerprint density at radius 3 is 2.55 bits per heavy atom. The van der Waals surface area contributed by atoms with E-state index in [0.717, 1.165) is 5.56 Å². The maximum absolute atomic E-state index is 11.0. The molecule has 1 aromatic rings. The molecule has 0 unspecified atom stereocenters. The summed E-state index contributed by atoms with van der Waals surface area (Å²) < 4.78 is 15.3. The average molecular weight is 318 g/mol. The predicted octanol–water partition coefficient (Wildman–Crippen LogP) is 2.43. The lowest BCUT2D eigenvalue weighted by Crippen LogP contribution is -2.25. The normalized spacial score (nSPS) is 9.85. The monoisotopic (exact) mass is 317 g/mol. The molecular weight excluding hydrogens is 302 g/mol. The number of aryl methyl sites for hydroxylation is 1. The number of nitrogens with zero attached hydrogens (tertiary/aromatic N) is 1. The third kappa shape index (κ3) is 4.54. The molecule has 110 valence electrons. The first-order valence-electron chi connectivity index (χ1n) is 5.74. The second-order valence-electron chi connectivity index (χ2n) is 4.18. The topological polar surface area (TPSA) is 48.0 Å². The van der Waals surface area contributed by atoms with Gasteiger partial charge in [-0.3, -0.25) is 0 Å². The van der Waals surface area contributed by atoms with Gasteiger partial charge in [-0.25, -0.2) is 4.79 Å². The third-order valence-corrected chi connectivity index (χ3v) is 3.07. The van der Waals surface area contributed by atoms with E-state index in [-0.39, 0.29) is 6.61 Å². The zero-order valence-corrected chi connectivity index (χ0v) is 13.3. The molecule has 7 heteroatoms. The number of ether oxygens (including phenoxy) is 3. The van der Waals surface area contributed by atoms with Crippen molar-refractivity contribution in [3.63, 3.8) is 0 Å². The van der Waals surface area contributed by atoms with E-state index in [0.29, 0.717) is 21.7 Å². The Kier molecular flexibility index (Phi) is 6.04. The van der Waals surface area contributed by atoms with Gasteiger partial charge in [0.2, 0.25) is 0 Å². The van der Waals surface area contributed by atoms with Crippen molar-refractivity contribution in [3.05, 3.63) is 22.7 Å². The Labute approximate surface area is 128 Å². The van der Waals surface area contributed by atoms with Gasteiger partial charge in [-0.15, -0.1) is 0 Å². The standard InChI is InChI=1S/C13H16ClNO4S/c1-8-5-9(18-7-11(16)17-4)6-10(14)12(8)19-13(20)15(2)3/h5-6H,7H2,1-4H3. The second-order valence-corrected chi connectivity index (χ2v) is 4.93. The molecule has 0 saturated carbocycles. The Morgan fingerprint density at radius 1 is 1.40 bits per heavy atom. The fourth-order valence-corrected chi connectivity index (χ4v) is 1.67. The van der Waals surface area contributed by atoms with Gasteiger partial charge in [0.15, 0.2) is 12.4 Å². The Morgan fingerprint density at radius 2 is 2.05 bits per heavy atom. The SMILES string of the molecule is COC(=O)COc1cc(C)c(OC(=S)N(C)C)c(Cl)c1. The lowest BCUT2D eigenvalue weighted by Gasteiger charge is -2.17. The molecule has 20 heavy (non-hydrogen) atoms. The van der Waals surface area contributed by atoms with Gasteiger partial charge in [0.05, 0.1) is 12.1 Å². The molecule has 0 fully saturated rings. The zero-order chi connectivity index (χ0) is 15.3. The average Bonchev–Trinajstić information content (AvgIpc) is 2.39. The van der Waals surface area contributed by atoms with Crippen LogP contribution in [-0.4, -0.2) is 43.9 Å². The van der Waals surface area contributed by atoms with E-state index in [4.69, 9.17) is 33.3 Å². The molecule has 0 bridgehead atoms. The minimum atomic E-state index is -0.465. The first-order chi connectivity index (χ1) is 9.35. The number of methoxy groups -OCH3 is 1. The van der Waals surface area contributed by atoms with E-state index in [1.54, 1.807) is 31.1 Å². The van der Waals surface area contributed by atoms with Crippen molar-refractivity contribution < 1.29 is 19.0 Å². The second kappa shape index (κ2) is 7.31. The summed E-state index contributed by atoms with van der Waals surface area (Å²) >= 11 is 11.2. The Balaban J connectivity index is 2.86. The molecule has 0 aliphatic carbocycles. The molecule has 1 rings (SSSR count). The highest BCUT2D eigenvalue weighted by Gasteiger charge is 2.13. The lowest BCUT2D eigenvalue weighted by molar-refractivity contribution is -0.142. The van der Waals surface area contributed by atoms with Crippen molar-refractivity contribution in [2.24, 2.45) is 0 Å². The van der Waals surface area contributed by atoms with Gasteiger partial charge in [0, 0.05) is 20.2 Å². The number of hydrogen-bond acceptors (Lipinski definition) is 5. The number of carbonyl (C=O) groups excluding carboxylic acids is 1. The van der Waals surface area contributed by atoms with Crippen LogP contribution < -0.4 is 9.47 Å². The van der Waals surface area contributed by atoms with Gasteiger partial charge in [0.25, 0.3) is 5.17 Å². The van der Waals surface area contributed by atoms with Crippen molar-refractivity contribution in [1.82, 2.24) is 4.90 Å². The van der Waals surface area contributed by atoms with E-state index in [2.05, 4.69) is 4.74 Å². The minimum absolute atomic E-state index is 0.178. The van der Waals surface area contributed by atoms with Gasteiger partial charge in [-0.2, -0.15) is 0 Å². The number of halogens is 1. The summed E-state index contributed by atoms with van der Waals surface area (Å²) in [5, 5.41) is 0.660. The van der Waals surface area contributed by atoms with Crippen LogP contribution in [-0.2, 0) is 9.53 Å². The van der Waals surface area contributed by atoms with Crippen molar-refractivity contribution >= 4 is 35.0 Å². The number of esters is 1. The van der Waals surface area contributed by atoms with E-state index in [9.17, 15) is 4.79 Å². The number of hydrogen-bond donors (Lipinski definition) is 0. The molecule has 0 aromatic heterocycles. The first kappa shape index (κ1) is 16.5. The Hall–Kier alpha value is -1.53. The van der Waals surface area contributed by atoms with Crippen molar-refractivity contribution in [1.29, 1.82) is 0 Å². The molecule has 5 nitrogen and oxygen atoms in total. The van der Waals surface area contributed by atoms with Gasteiger partial charge >= 0.3 is 5.97 Å². The largest absolute Gasteiger partial charge is 0.482 e. The number of rotatable bonds is 4. The molecule has 0 aliphatic rings. The van der Waals surface area contributed by atoms with Crippen LogP contribution in [0.2, 0.25) is 5.02 Å². The van der Waals surface area contributed by atoms with Crippen molar-refractivity contribution in [2.75, 3.05) is 27.8 Å². The van der Waals surface area contributed by atoms with Crippen LogP contribution in [0.5, 0.6) is 11.5 Å². The Bertz CT molecular complexity index is 496. The molecule has 0 amide bonds. The molecule has 0 heterocycles. The molecule has 0 radical (unpaired) electrons. The van der Waals surface area contributed by atoms with Crippen LogP contribution in [0.4, 0.5) is 0 Å². The van der Waals surface area contributed by atoms with Crippen LogP contribution >= 0.6 is 23.8 Å². The summed E-state index contributed by atoms with van der Waals surface area (Å²) in [6, 6.07) is 3.27. The fraction of sp³-hybridized carbons (Fsp3) is 0.385. The van der Waals surface area contributed by atoms with E-state index in [1.807, 2.05) is 6.92 Å². The smallest absolute Gasteiger partial charge is 0.343 e. The van der Waals surface area contributed by atoms with Gasteiger partial charge in [0.1, 0.15) is 5.75 Å². The van der Waals surface area contributed by atoms with Crippen LogP contribution in [0.1, 0.15) is 5.56 Å². The number of benzene rings is 1. The summed E-state index contributed by atoms with van der Waals surface area (Å²) in [4.78, 5) is 12.7. The quantitative estimate of drug-likeness (QED) is 0.628. The maximum Gasteiger partial charge on any atom is 0.343 e. The molecule has 0 spiro atoms. The number of thiocarbonyl (C=S) groups is 1. The van der Waals surface area contributed by atoms with Crippen LogP contribution in [0.15, 0.2) is 12.1 Å². The lowest BCUT2D eigenvalue weighted by atomic mass is 10.2. The fourth-order valence-electron chi connectivity index (χ4n) is 1.29. The number of carbonyl (C=O) groups is 1. The summed E-state index contributed by atoms with van der Waals surface area (Å²) in [6.07, 6.45) is 0. The third-order valence-electron chi connectivity index (χ3n) is 2.34. The maximum atomic E-state index is 11.0. The van der Waals surface area contributed by atoms with Gasteiger partial charge in [-0.05, 0) is 30.8 Å². The summed E-state index contributed by atoms with van der Waals surface area (Å²) in [5.41, 5.74) is 0.751. The highest BCUT2D eigenvalue weighted by molar-refractivity contribution is 7.80. The first-order valence-corrected chi connectivity index (χ1v) is 6.52. The highest BCUT2D eigenvalue weighted by Crippen LogP contribution is 2.33. The van der Waals surface area contributed by atoms with Crippen LogP contribution in [0, 0.1) is 6.92 Å². The van der Waals surface area contributed by atoms with E-state index >= 15 is 0 Å². The van der Waals surface area contributed by atoms with Crippen LogP contribution in [0.3, 0.4) is 0 Å². The predicted molar refractivity (Wildman–Crippen MR) is 80.6 cm³/mol. The van der Waals surface area contributed by atoms with E-state index in [1.165, 1.54) is 7.11 Å². The highest BCUT2D eigenvalue weighted by atomic mass is 35.5. The minimum Gasteiger partial charge on any atom is -0.482 e. The van der Waals surface area contributed by atoms with Crippen molar-refractivity contribution in [2.45, 2.75) is 6.92 Å². The molecule has 0 N–H and O–H groups in total. The zero-order valence-electron chi connectivity index (χ0n) is 11.7. The summed E-state index contributed by atoms with van der Waals surface area (Å²) in [6.45, 7) is 1.63. The summed E-state index contributed by atoms with van der Waals surface area (Å²) in [7, 11) is 4.85. The molecule has 1 aromatic carbocycles. The van der Waals surface area contributed by atoms with Gasteiger partial charge < -0.3 is 19.1 Å². The van der Waals surface area contributed by atoms with E-state index < -0.39 is 5.97 Å². The molecule has 0 atom stereocenters. The molecule has 0 saturated heterocycles. The van der Waals surface area contributed by atoms with Crippen molar-refractivity contribution in [3.8, 4) is 11.5 Å².